The standard InChI is InChI=1S/C49H82N12O13/c1-10-28(8)38(50)47(72)59-34(22-26(4)5)43(68)56-32(18-19-37(63)64)42(67)60-36(24-62)46(71)57-33(21-25(2)3)44(69)58-35(23-30-15-12-11-13-16-30)45(70)55-31(17-14-20-53-49(51)52)41(66)54-29(9)40(65)61-39(27(6)7)48(73)74/h11-13,15-16,25-29,31-36,38-39,62H,10,14,17-24,50H2,1-9H3,(H,54,66)(H,55,70)(H,56,68)(H,57,71)(H,58,69)(H,59,72)(H,60,67)(H,61,65)(H,63,64)(H,73,74)(H4,51,52,53)/t28-,29-,31-,32-,33-,34-,35-,36-,38-,39-/m0/s1. The van der Waals surface area contributed by atoms with Gasteiger partial charge in [0.1, 0.15) is 48.3 Å². The highest BCUT2D eigenvalue weighted by molar-refractivity contribution is 5.98. The van der Waals surface area contributed by atoms with Crippen LogP contribution in [0.1, 0.15) is 113 Å². The SMILES string of the molecule is CC[C@H](C)[C@H](N)C(=O)N[C@@H](CC(C)C)C(=O)N[C@@H](CCC(=O)O)C(=O)N[C@@H](CO)C(=O)N[C@@H](CC(C)C)C(=O)N[C@@H](Cc1ccccc1)C(=O)N[C@@H](CCCN=C(N)N)C(=O)N[C@@H](C)C(=O)N[C@H](C(=O)O)C(C)C. The maximum absolute atomic E-state index is 14.3. The molecular weight excluding hydrogens is 965 g/mol. The number of hydrogen-bond acceptors (Lipinski definition) is 13. The van der Waals surface area contributed by atoms with Gasteiger partial charge in [0.05, 0.1) is 12.6 Å². The van der Waals surface area contributed by atoms with Gasteiger partial charge in [0.2, 0.25) is 47.3 Å². The van der Waals surface area contributed by atoms with E-state index in [1.807, 2.05) is 6.92 Å². The van der Waals surface area contributed by atoms with Crippen molar-refractivity contribution in [2.45, 2.75) is 168 Å². The van der Waals surface area contributed by atoms with Crippen molar-refractivity contribution < 1.29 is 63.3 Å². The number of nitrogens with two attached hydrogens (primary N) is 3. The fourth-order valence-corrected chi connectivity index (χ4v) is 7.28. The molecule has 416 valence electrons. The van der Waals surface area contributed by atoms with Crippen molar-refractivity contribution in [1.82, 2.24) is 42.5 Å². The zero-order valence-electron chi connectivity index (χ0n) is 44.1. The summed E-state index contributed by atoms with van der Waals surface area (Å²) in [6.07, 6.45) is -0.416. The second kappa shape index (κ2) is 33.0. The van der Waals surface area contributed by atoms with Crippen LogP contribution in [0.15, 0.2) is 35.3 Å². The van der Waals surface area contributed by atoms with Crippen LogP contribution in [-0.4, -0.2) is 148 Å². The van der Waals surface area contributed by atoms with Crippen LogP contribution in [0.2, 0.25) is 0 Å². The lowest BCUT2D eigenvalue weighted by molar-refractivity contribution is -0.143. The quantitative estimate of drug-likeness (QED) is 0.0207. The third-order valence-corrected chi connectivity index (χ3v) is 11.8. The average molecular weight is 1050 g/mol. The summed E-state index contributed by atoms with van der Waals surface area (Å²) in [7, 11) is 0. The summed E-state index contributed by atoms with van der Waals surface area (Å²) >= 11 is 0. The largest absolute Gasteiger partial charge is 0.481 e. The number of carboxylic acid groups (broad SMARTS) is 2. The molecule has 1 aromatic rings. The topological polar surface area (TPSA) is 418 Å². The van der Waals surface area contributed by atoms with E-state index in [-0.39, 0.29) is 62.4 Å². The summed E-state index contributed by atoms with van der Waals surface area (Å²) in [6.45, 7) is 14.2. The molecule has 25 heteroatoms. The first-order valence-corrected chi connectivity index (χ1v) is 24.9. The molecule has 1 rings (SSSR count). The fourth-order valence-electron chi connectivity index (χ4n) is 7.28. The average Bonchev–Trinajstić information content (AvgIpc) is 3.32. The highest BCUT2D eigenvalue weighted by Crippen LogP contribution is 2.13. The first kappa shape index (κ1) is 65.1. The predicted octanol–water partition coefficient (Wildman–Crippen LogP) is -1.76. The normalized spacial score (nSPS) is 15.3. The van der Waals surface area contributed by atoms with Crippen LogP contribution in [0.3, 0.4) is 0 Å². The maximum Gasteiger partial charge on any atom is 0.326 e. The van der Waals surface area contributed by atoms with Gasteiger partial charge in [-0.15, -0.1) is 0 Å². The van der Waals surface area contributed by atoms with Crippen LogP contribution < -0.4 is 59.7 Å². The van der Waals surface area contributed by atoms with E-state index in [4.69, 9.17) is 17.2 Å². The molecule has 0 saturated heterocycles. The lowest BCUT2D eigenvalue weighted by Gasteiger charge is -2.28. The van der Waals surface area contributed by atoms with Crippen molar-refractivity contribution >= 4 is 65.2 Å². The highest BCUT2D eigenvalue weighted by atomic mass is 16.4. The number of carbonyl (C=O) groups excluding carboxylic acids is 8. The lowest BCUT2D eigenvalue weighted by atomic mass is 9.97. The molecule has 0 bridgehead atoms. The van der Waals surface area contributed by atoms with Crippen LogP contribution in [0.4, 0.5) is 0 Å². The van der Waals surface area contributed by atoms with Gasteiger partial charge in [0.15, 0.2) is 5.96 Å². The molecule has 0 saturated carbocycles. The third-order valence-electron chi connectivity index (χ3n) is 11.8. The zero-order valence-corrected chi connectivity index (χ0v) is 44.1. The number of nitrogens with zero attached hydrogens (tertiary/aromatic N) is 1. The van der Waals surface area contributed by atoms with Crippen LogP contribution in [0.25, 0.3) is 0 Å². The third kappa shape index (κ3) is 24.2. The number of aliphatic carboxylic acids is 2. The number of carbonyl (C=O) groups is 10. The molecule has 17 N–H and O–H groups in total. The number of amides is 8. The van der Waals surface area contributed by atoms with Crippen molar-refractivity contribution in [3.8, 4) is 0 Å². The van der Waals surface area contributed by atoms with E-state index in [1.54, 1.807) is 78.8 Å². The Morgan fingerprint density at radius 3 is 1.49 bits per heavy atom. The molecular formula is C49H82N12O13. The van der Waals surface area contributed by atoms with E-state index in [1.165, 1.54) is 6.92 Å². The van der Waals surface area contributed by atoms with E-state index < -0.39 is 139 Å². The summed E-state index contributed by atoms with van der Waals surface area (Å²) in [6, 6.07) is -3.62. The summed E-state index contributed by atoms with van der Waals surface area (Å²) in [5.74, 6) is -10.8. The number of aliphatic hydroxyl groups excluding tert-OH is 1. The van der Waals surface area contributed by atoms with Gasteiger partial charge >= 0.3 is 11.9 Å². The second-order valence-electron chi connectivity index (χ2n) is 19.6. The number of carboxylic acids is 2. The molecule has 0 radical (unpaired) electrons. The molecule has 0 aliphatic carbocycles. The molecule has 0 unspecified atom stereocenters. The van der Waals surface area contributed by atoms with E-state index in [2.05, 4.69) is 47.5 Å². The Morgan fingerprint density at radius 1 is 0.568 bits per heavy atom. The molecule has 0 spiro atoms. The molecule has 1 aromatic carbocycles. The molecule has 8 amide bonds. The molecule has 74 heavy (non-hydrogen) atoms. The molecule has 10 atom stereocenters. The van der Waals surface area contributed by atoms with Gasteiger partial charge in [-0.2, -0.15) is 0 Å². The van der Waals surface area contributed by atoms with E-state index in [0.29, 0.717) is 12.0 Å². The minimum atomic E-state index is -1.75. The number of guanidine groups is 1. The van der Waals surface area contributed by atoms with E-state index in [9.17, 15) is 63.3 Å². The Labute approximate surface area is 432 Å². The Bertz CT molecular complexity index is 2070. The summed E-state index contributed by atoms with van der Waals surface area (Å²) in [5.41, 5.74) is 17.6. The van der Waals surface area contributed by atoms with Crippen LogP contribution in [-0.2, 0) is 54.4 Å². The van der Waals surface area contributed by atoms with Crippen molar-refractivity contribution in [3.63, 3.8) is 0 Å². The van der Waals surface area contributed by atoms with Gasteiger partial charge < -0.3 is 75.1 Å². The first-order chi connectivity index (χ1) is 34.6. The summed E-state index contributed by atoms with van der Waals surface area (Å²) in [4.78, 5) is 137. The predicted molar refractivity (Wildman–Crippen MR) is 274 cm³/mol. The van der Waals surface area contributed by atoms with Crippen molar-refractivity contribution in [1.29, 1.82) is 0 Å². The Balaban J connectivity index is 3.50. The summed E-state index contributed by atoms with van der Waals surface area (Å²) < 4.78 is 0. The van der Waals surface area contributed by atoms with Crippen molar-refractivity contribution in [2.75, 3.05) is 13.2 Å². The molecule has 0 heterocycles. The maximum atomic E-state index is 14.3. The smallest absolute Gasteiger partial charge is 0.326 e. The first-order valence-electron chi connectivity index (χ1n) is 24.9. The summed E-state index contributed by atoms with van der Waals surface area (Å²) in [5, 5.41) is 49.5. The van der Waals surface area contributed by atoms with Crippen LogP contribution >= 0.6 is 0 Å². The Morgan fingerprint density at radius 2 is 1.01 bits per heavy atom. The van der Waals surface area contributed by atoms with Crippen molar-refractivity contribution in [3.05, 3.63) is 35.9 Å². The van der Waals surface area contributed by atoms with E-state index >= 15 is 0 Å². The van der Waals surface area contributed by atoms with E-state index in [0.717, 1.165) is 0 Å². The fraction of sp³-hybridized carbons (Fsp3) is 0.653. The second-order valence-corrected chi connectivity index (χ2v) is 19.6. The van der Waals surface area contributed by atoms with Crippen molar-refractivity contribution in [2.24, 2.45) is 45.9 Å². The van der Waals surface area contributed by atoms with Gasteiger partial charge in [-0.3, -0.25) is 48.1 Å². The van der Waals surface area contributed by atoms with Gasteiger partial charge in [-0.1, -0.05) is 92.1 Å². The monoisotopic (exact) mass is 1050 g/mol. The Hall–Kier alpha value is -6.89. The van der Waals surface area contributed by atoms with Gasteiger partial charge in [-0.05, 0) is 68.3 Å². The van der Waals surface area contributed by atoms with Gasteiger partial charge in [-0.25, -0.2) is 4.79 Å². The number of aliphatic hydroxyl groups is 1. The Kier molecular flexibility index (Phi) is 29.1. The number of rotatable bonds is 34. The highest BCUT2D eigenvalue weighted by Gasteiger charge is 2.35. The number of nitrogens with one attached hydrogen (secondary N) is 8. The lowest BCUT2D eigenvalue weighted by Crippen LogP contribution is -2.61. The zero-order chi connectivity index (χ0) is 56.4. The molecule has 0 aliphatic rings. The number of hydrogen-bond donors (Lipinski definition) is 14. The van der Waals surface area contributed by atoms with Gasteiger partial charge in [0, 0.05) is 19.4 Å². The van der Waals surface area contributed by atoms with Gasteiger partial charge in [0.25, 0.3) is 0 Å². The minimum Gasteiger partial charge on any atom is -0.481 e. The molecule has 0 fully saturated rings. The minimum absolute atomic E-state index is 0.0282. The molecule has 25 nitrogen and oxygen atoms in total. The number of benzene rings is 1. The number of aliphatic imine (C=N–C) groups is 1. The molecule has 0 aliphatic heterocycles. The van der Waals surface area contributed by atoms with Crippen LogP contribution in [0, 0.1) is 23.7 Å². The van der Waals surface area contributed by atoms with Crippen LogP contribution in [0.5, 0.6) is 0 Å². The molecule has 0 aromatic heterocycles.